The highest BCUT2D eigenvalue weighted by Gasteiger charge is 2.35. The summed E-state index contributed by atoms with van der Waals surface area (Å²) >= 11 is 0. The molecule has 208 valence electrons. The van der Waals surface area contributed by atoms with Crippen LogP contribution in [0.2, 0.25) is 0 Å². The molecule has 4 rings (SSSR count). The van der Waals surface area contributed by atoms with Crippen LogP contribution in [-0.2, 0) is 26.1 Å². The molecule has 10 nitrogen and oxygen atoms in total. The maximum Gasteiger partial charge on any atom is 0.246 e. The molecule has 0 aliphatic carbocycles. The Morgan fingerprint density at radius 3 is 2.49 bits per heavy atom. The van der Waals surface area contributed by atoms with E-state index in [0.29, 0.717) is 52.9 Å². The van der Waals surface area contributed by atoms with Crippen LogP contribution >= 0.6 is 0 Å². The summed E-state index contributed by atoms with van der Waals surface area (Å²) in [4.78, 5) is 20.7. The van der Waals surface area contributed by atoms with Crippen molar-refractivity contribution in [1.82, 2.24) is 19.6 Å². The highest BCUT2D eigenvalue weighted by atomic mass is 32.2. The van der Waals surface area contributed by atoms with E-state index in [1.165, 1.54) is 10.5 Å². The van der Waals surface area contributed by atoms with Gasteiger partial charge in [0.05, 0.1) is 24.8 Å². The summed E-state index contributed by atoms with van der Waals surface area (Å²) in [6.07, 6.45) is 7.01. The fraction of sp³-hybridized carbons (Fsp3) is 0.393. The number of sulfonamides is 1. The second-order valence-electron chi connectivity index (χ2n) is 9.44. The van der Waals surface area contributed by atoms with E-state index in [0.717, 1.165) is 18.4 Å². The summed E-state index contributed by atoms with van der Waals surface area (Å²) in [7, 11) is -2.18. The van der Waals surface area contributed by atoms with Crippen molar-refractivity contribution in [2.24, 2.45) is 0 Å². The average molecular weight is 555 g/mol. The van der Waals surface area contributed by atoms with E-state index in [1.807, 2.05) is 12.1 Å². The molecule has 1 aliphatic rings. The van der Waals surface area contributed by atoms with Gasteiger partial charge in [-0.15, -0.1) is 0 Å². The number of benzene rings is 2. The van der Waals surface area contributed by atoms with Crippen molar-refractivity contribution < 1.29 is 27.4 Å². The van der Waals surface area contributed by atoms with Gasteiger partial charge in [0.25, 0.3) is 0 Å². The lowest BCUT2D eigenvalue weighted by atomic mass is 10.1. The third-order valence-corrected chi connectivity index (χ3v) is 8.79. The lowest BCUT2D eigenvalue weighted by Gasteiger charge is -2.35. The van der Waals surface area contributed by atoms with Crippen LogP contribution < -0.4 is 14.8 Å². The van der Waals surface area contributed by atoms with Crippen LogP contribution in [0.15, 0.2) is 59.9 Å². The molecule has 3 aromatic rings. The number of amides is 1. The van der Waals surface area contributed by atoms with Gasteiger partial charge in [-0.3, -0.25) is 9.78 Å². The maximum absolute atomic E-state index is 13.7. The van der Waals surface area contributed by atoms with E-state index in [-0.39, 0.29) is 25.2 Å². The number of hydrogen-bond acceptors (Lipinski definition) is 8. The number of nitrogens with one attached hydrogen (secondary N) is 1. The first kappa shape index (κ1) is 28.5. The van der Waals surface area contributed by atoms with E-state index in [1.54, 1.807) is 57.6 Å². The van der Waals surface area contributed by atoms with Gasteiger partial charge >= 0.3 is 0 Å². The smallest absolute Gasteiger partial charge is 0.246 e. The second-order valence-corrected chi connectivity index (χ2v) is 11.3. The van der Waals surface area contributed by atoms with E-state index < -0.39 is 10.0 Å². The van der Waals surface area contributed by atoms with Gasteiger partial charge < -0.3 is 19.5 Å². The zero-order valence-electron chi connectivity index (χ0n) is 22.4. The van der Waals surface area contributed by atoms with Crippen molar-refractivity contribution in [2.45, 2.75) is 50.6 Å². The molecule has 1 aromatic heterocycles. The minimum absolute atomic E-state index is 0.148. The number of hydrogen-bond donors (Lipinski definition) is 1. The van der Waals surface area contributed by atoms with Gasteiger partial charge in [-0.1, -0.05) is 18.6 Å². The van der Waals surface area contributed by atoms with Crippen molar-refractivity contribution in [1.29, 1.82) is 0 Å². The summed E-state index contributed by atoms with van der Waals surface area (Å²) in [6, 6.07) is 10.4. The number of ether oxygens (including phenoxy) is 3. The Morgan fingerprint density at radius 1 is 1.08 bits per heavy atom. The lowest BCUT2D eigenvalue weighted by molar-refractivity contribution is -0.126. The first-order valence-electron chi connectivity index (χ1n) is 12.8. The molecule has 39 heavy (non-hydrogen) atoms. The van der Waals surface area contributed by atoms with Gasteiger partial charge in [-0.25, -0.2) is 13.4 Å². The van der Waals surface area contributed by atoms with Gasteiger partial charge in [0, 0.05) is 31.5 Å². The van der Waals surface area contributed by atoms with E-state index in [2.05, 4.69) is 15.3 Å². The van der Waals surface area contributed by atoms with Crippen LogP contribution in [0.25, 0.3) is 0 Å². The molecule has 0 saturated carbocycles. The van der Waals surface area contributed by atoms with Crippen LogP contribution in [0.1, 0.15) is 36.0 Å². The van der Waals surface area contributed by atoms with Gasteiger partial charge in [-0.05, 0) is 67.6 Å². The number of nitrogens with zero attached hydrogens (tertiary/aromatic N) is 3. The fourth-order valence-electron chi connectivity index (χ4n) is 4.68. The Balaban J connectivity index is 1.28. The van der Waals surface area contributed by atoms with Crippen LogP contribution in [-0.4, -0.2) is 61.5 Å². The van der Waals surface area contributed by atoms with E-state index in [9.17, 15) is 13.2 Å². The molecule has 1 amide bonds. The summed E-state index contributed by atoms with van der Waals surface area (Å²) in [5, 5.41) is 2.83. The molecule has 1 fully saturated rings. The highest BCUT2D eigenvalue weighted by Crippen LogP contribution is 2.32. The molecule has 11 heteroatoms. The van der Waals surface area contributed by atoms with Gasteiger partial charge in [0.2, 0.25) is 21.8 Å². The van der Waals surface area contributed by atoms with Crippen molar-refractivity contribution in [3.8, 4) is 17.4 Å². The van der Waals surface area contributed by atoms with Crippen molar-refractivity contribution in [3.63, 3.8) is 0 Å². The standard InChI is InChI=1S/C28H34N4O6S/c1-20-14-25(36-3)15-21(2)28(20)39(34,35)32-13-5-4-6-23(32)18-37-19-26(33)31-16-22-7-9-24(10-8-22)38-27-17-29-11-12-30-27/h7-12,14-15,17,23H,4-6,13,16,18-19H2,1-3H3,(H,31,33). The fourth-order valence-corrected chi connectivity index (χ4v) is 6.78. The van der Waals surface area contributed by atoms with Gasteiger partial charge in [0.1, 0.15) is 18.1 Å². The maximum atomic E-state index is 13.7. The Bertz CT molecular complexity index is 1340. The number of aromatic nitrogens is 2. The summed E-state index contributed by atoms with van der Waals surface area (Å²) in [5.74, 6) is 1.36. The van der Waals surface area contributed by atoms with Crippen molar-refractivity contribution in [3.05, 3.63) is 71.7 Å². The number of methoxy groups -OCH3 is 1. The third kappa shape index (κ3) is 7.31. The minimum Gasteiger partial charge on any atom is -0.497 e. The predicted octanol–water partition coefficient (Wildman–Crippen LogP) is 3.77. The zero-order valence-corrected chi connectivity index (χ0v) is 23.2. The summed E-state index contributed by atoms with van der Waals surface area (Å²) in [5.41, 5.74) is 2.18. The van der Waals surface area contributed by atoms with Crippen molar-refractivity contribution >= 4 is 15.9 Å². The van der Waals surface area contributed by atoms with Crippen LogP contribution in [0.5, 0.6) is 17.4 Å². The van der Waals surface area contributed by atoms with Gasteiger partial charge in [0.15, 0.2) is 0 Å². The molecule has 1 saturated heterocycles. The minimum atomic E-state index is -3.74. The third-order valence-electron chi connectivity index (χ3n) is 6.53. The molecule has 0 spiro atoms. The number of aryl methyl sites for hydroxylation is 2. The predicted molar refractivity (Wildman–Crippen MR) is 145 cm³/mol. The number of rotatable bonds is 11. The van der Waals surface area contributed by atoms with E-state index in [4.69, 9.17) is 14.2 Å². The Morgan fingerprint density at radius 2 is 1.82 bits per heavy atom. The number of piperidine rings is 1. The average Bonchev–Trinajstić information content (AvgIpc) is 2.93. The quantitative estimate of drug-likeness (QED) is 0.380. The first-order chi connectivity index (χ1) is 18.8. The summed E-state index contributed by atoms with van der Waals surface area (Å²) < 4.78 is 45.4. The van der Waals surface area contributed by atoms with Crippen LogP contribution in [0.3, 0.4) is 0 Å². The topological polar surface area (TPSA) is 120 Å². The molecule has 1 aliphatic heterocycles. The number of carbonyl (C=O) groups excluding carboxylic acids is 1. The van der Waals surface area contributed by atoms with E-state index >= 15 is 0 Å². The molecule has 1 unspecified atom stereocenters. The molecular formula is C28H34N4O6S. The molecule has 0 radical (unpaired) electrons. The largest absolute Gasteiger partial charge is 0.497 e. The summed E-state index contributed by atoms with van der Waals surface area (Å²) in [6.45, 7) is 4.30. The van der Waals surface area contributed by atoms with Crippen molar-refractivity contribution in [2.75, 3.05) is 26.9 Å². The first-order valence-corrected chi connectivity index (χ1v) is 14.3. The molecule has 2 heterocycles. The zero-order chi connectivity index (χ0) is 27.8. The molecule has 2 aromatic carbocycles. The SMILES string of the molecule is COc1cc(C)c(S(=O)(=O)N2CCCCC2COCC(=O)NCc2ccc(Oc3cnccn3)cc2)c(C)c1. The highest BCUT2D eigenvalue weighted by molar-refractivity contribution is 7.89. The second kappa shape index (κ2) is 13.0. The molecular weight excluding hydrogens is 520 g/mol. The Kier molecular flexibility index (Phi) is 9.50. The number of carbonyl (C=O) groups is 1. The molecule has 0 bridgehead atoms. The Hall–Kier alpha value is -3.54. The van der Waals surface area contributed by atoms with Crippen LogP contribution in [0.4, 0.5) is 0 Å². The van der Waals surface area contributed by atoms with Gasteiger partial charge in [-0.2, -0.15) is 4.31 Å². The molecule has 1 atom stereocenters. The van der Waals surface area contributed by atoms with Crippen LogP contribution in [0, 0.1) is 13.8 Å². The normalized spacial score (nSPS) is 16.0. The molecule has 1 N–H and O–H groups in total. The lowest BCUT2D eigenvalue weighted by Crippen LogP contribution is -2.46. The monoisotopic (exact) mass is 554 g/mol. The Labute approximate surface area is 229 Å².